The lowest BCUT2D eigenvalue weighted by Crippen LogP contribution is -2.43. The third-order valence-electron chi connectivity index (χ3n) is 3.27. The van der Waals surface area contributed by atoms with Gasteiger partial charge in [-0.15, -0.1) is 0 Å². The first-order chi connectivity index (χ1) is 8.18. The van der Waals surface area contributed by atoms with E-state index in [4.69, 9.17) is 0 Å². The van der Waals surface area contributed by atoms with E-state index < -0.39 is 0 Å². The van der Waals surface area contributed by atoms with E-state index in [1.165, 1.54) is 11.1 Å². The van der Waals surface area contributed by atoms with Gasteiger partial charge >= 0.3 is 0 Å². The summed E-state index contributed by atoms with van der Waals surface area (Å²) in [5, 5.41) is 16.9. The van der Waals surface area contributed by atoms with E-state index in [-0.39, 0.29) is 12.1 Å². The van der Waals surface area contributed by atoms with Crippen molar-refractivity contribution in [3.63, 3.8) is 0 Å². The summed E-state index contributed by atoms with van der Waals surface area (Å²) < 4.78 is 0. The van der Waals surface area contributed by atoms with Crippen molar-refractivity contribution in [2.75, 3.05) is 13.1 Å². The van der Waals surface area contributed by atoms with Crippen molar-refractivity contribution >= 4 is 0 Å². The van der Waals surface area contributed by atoms with Crippen LogP contribution in [0.5, 0.6) is 0 Å². The second-order valence-electron chi connectivity index (χ2n) is 5.01. The molecule has 0 radical (unpaired) electrons. The molecule has 0 aromatic heterocycles. The van der Waals surface area contributed by atoms with Gasteiger partial charge in [-0.3, -0.25) is 0 Å². The summed E-state index contributed by atoms with van der Waals surface area (Å²) in [4.78, 5) is 0. The van der Waals surface area contributed by atoms with E-state index in [1.807, 2.05) is 6.07 Å². The Morgan fingerprint density at radius 2 is 2.18 bits per heavy atom. The number of aliphatic hydroxyl groups is 1. The Balaban J connectivity index is 2.07. The van der Waals surface area contributed by atoms with Gasteiger partial charge in [0.15, 0.2) is 0 Å². The zero-order valence-corrected chi connectivity index (χ0v) is 10.6. The first-order valence-electron chi connectivity index (χ1n) is 6.41. The quantitative estimate of drug-likeness (QED) is 0.734. The Bertz CT molecular complexity index is 365. The molecule has 2 atom stereocenters. The van der Waals surface area contributed by atoms with Crippen LogP contribution in [0.2, 0.25) is 0 Å². The summed E-state index contributed by atoms with van der Waals surface area (Å²) in [6, 6.07) is 8.85. The van der Waals surface area contributed by atoms with E-state index >= 15 is 0 Å². The zero-order valence-electron chi connectivity index (χ0n) is 10.6. The van der Waals surface area contributed by atoms with Crippen LogP contribution in [-0.2, 0) is 6.42 Å². The number of nitrogens with one attached hydrogen (secondary N) is 2. The SMILES string of the molecule is CC(C)NCC(O)C1NCCc2ccccc21. The van der Waals surface area contributed by atoms with Gasteiger partial charge in [-0.2, -0.15) is 0 Å². The molecule has 0 spiro atoms. The van der Waals surface area contributed by atoms with Crippen LogP contribution in [0.15, 0.2) is 24.3 Å². The minimum atomic E-state index is -0.376. The maximum Gasteiger partial charge on any atom is 0.0859 e. The van der Waals surface area contributed by atoms with Crippen molar-refractivity contribution in [1.82, 2.24) is 10.6 Å². The predicted octanol–water partition coefficient (Wildman–Crippen LogP) is 1.23. The van der Waals surface area contributed by atoms with Gasteiger partial charge in [-0.05, 0) is 24.1 Å². The fraction of sp³-hybridized carbons (Fsp3) is 0.571. The molecule has 1 aromatic carbocycles. The van der Waals surface area contributed by atoms with E-state index in [1.54, 1.807) is 0 Å². The van der Waals surface area contributed by atoms with Crippen molar-refractivity contribution in [2.45, 2.75) is 38.5 Å². The second-order valence-corrected chi connectivity index (χ2v) is 5.01. The van der Waals surface area contributed by atoms with Gasteiger partial charge in [0.2, 0.25) is 0 Å². The molecule has 0 saturated heterocycles. The highest BCUT2D eigenvalue weighted by Gasteiger charge is 2.25. The molecule has 1 aromatic rings. The van der Waals surface area contributed by atoms with Crippen molar-refractivity contribution in [2.24, 2.45) is 0 Å². The van der Waals surface area contributed by atoms with E-state index in [2.05, 4.69) is 42.7 Å². The largest absolute Gasteiger partial charge is 0.390 e. The van der Waals surface area contributed by atoms with Gasteiger partial charge in [0.25, 0.3) is 0 Å². The number of rotatable bonds is 4. The number of hydrogen-bond donors (Lipinski definition) is 3. The summed E-state index contributed by atoms with van der Waals surface area (Å²) in [5.41, 5.74) is 2.61. The first-order valence-corrected chi connectivity index (χ1v) is 6.41. The Kier molecular flexibility index (Phi) is 4.15. The van der Waals surface area contributed by atoms with Crippen molar-refractivity contribution in [1.29, 1.82) is 0 Å². The molecular weight excluding hydrogens is 212 g/mol. The number of aliphatic hydroxyl groups excluding tert-OH is 1. The molecule has 0 bridgehead atoms. The van der Waals surface area contributed by atoms with Crippen LogP contribution >= 0.6 is 0 Å². The molecular formula is C14H22N2O. The molecule has 94 valence electrons. The number of fused-ring (bicyclic) bond motifs is 1. The summed E-state index contributed by atoms with van der Waals surface area (Å²) in [7, 11) is 0. The molecule has 1 aliphatic heterocycles. The Morgan fingerprint density at radius 1 is 1.41 bits per heavy atom. The molecule has 3 heteroatoms. The van der Waals surface area contributed by atoms with Crippen molar-refractivity contribution in [3.05, 3.63) is 35.4 Å². The minimum absolute atomic E-state index is 0.0613. The standard InChI is InChI=1S/C14H22N2O/c1-10(2)16-9-13(17)14-12-6-4-3-5-11(12)7-8-15-14/h3-6,10,13-17H,7-9H2,1-2H3. The minimum Gasteiger partial charge on any atom is -0.390 e. The third kappa shape index (κ3) is 3.06. The molecule has 3 nitrogen and oxygen atoms in total. The Morgan fingerprint density at radius 3 is 2.94 bits per heavy atom. The predicted molar refractivity (Wildman–Crippen MR) is 70.0 cm³/mol. The lowest BCUT2D eigenvalue weighted by Gasteiger charge is -2.31. The maximum absolute atomic E-state index is 10.2. The Hall–Kier alpha value is -0.900. The van der Waals surface area contributed by atoms with Gasteiger partial charge in [0.1, 0.15) is 0 Å². The lowest BCUT2D eigenvalue weighted by atomic mass is 9.91. The fourth-order valence-corrected chi connectivity index (χ4v) is 2.36. The average molecular weight is 234 g/mol. The molecule has 2 rings (SSSR count). The van der Waals surface area contributed by atoms with Crippen LogP contribution in [0, 0.1) is 0 Å². The number of benzene rings is 1. The van der Waals surface area contributed by atoms with Gasteiger partial charge in [0, 0.05) is 12.6 Å². The summed E-state index contributed by atoms with van der Waals surface area (Å²) in [6.07, 6.45) is 0.677. The monoisotopic (exact) mass is 234 g/mol. The van der Waals surface area contributed by atoms with Crippen LogP contribution in [0.25, 0.3) is 0 Å². The van der Waals surface area contributed by atoms with Crippen LogP contribution in [0.1, 0.15) is 31.0 Å². The number of hydrogen-bond acceptors (Lipinski definition) is 3. The van der Waals surface area contributed by atoms with Gasteiger partial charge in [-0.25, -0.2) is 0 Å². The van der Waals surface area contributed by atoms with Crippen LogP contribution < -0.4 is 10.6 Å². The van der Waals surface area contributed by atoms with E-state index in [0.717, 1.165) is 13.0 Å². The highest BCUT2D eigenvalue weighted by Crippen LogP contribution is 2.25. The van der Waals surface area contributed by atoms with Crippen LogP contribution in [-0.4, -0.2) is 30.3 Å². The molecule has 3 N–H and O–H groups in total. The maximum atomic E-state index is 10.2. The average Bonchev–Trinajstić information content (AvgIpc) is 2.35. The van der Waals surface area contributed by atoms with Crippen LogP contribution in [0.3, 0.4) is 0 Å². The summed E-state index contributed by atoms with van der Waals surface area (Å²) in [5.74, 6) is 0. The molecule has 0 fully saturated rings. The Labute approximate surface area is 103 Å². The highest BCUT2D eigenvalue weighted by atomic mass is 16.3. The molecule has 17 heavy (non-hydrogen) atoms. The summed E-state index contributed by atoms with van der Waals surface area (Å²) >= 11 is 0. The molecule has 0 amide bonds. The molecule has 1 aliphatic rings. The van der Waals surface area contributed by atoms with E-state index in [0.29, 0.717) is 12.6 Å². The van der Waals surface area contributed by atoms with Crippen LogP contribution in [0.4, 0.5) is 0 Å². The topological polar surface area (TPSA) is 44.3 Å². The normalized spacial score (nSPS) is 21.3. The zero-order chi connectivity index (χ0) is 12.3. The van der Waals surface area contributed by atoms with Crippen molar-refractivity contribution < 1.29 is 5.11 Å². The molecule has 0 aliphatic carbocycles. The van der Waals surface area contributed by atoms with E-state index in [9.17, 15) is 5.11 Å². The lowest BCUT2D eigenvalue weighted by molar-refractivity contribution is 0.120. The second kappa shape index (κ2) is 5.63. The van der Waals surface area contributed by atoms with Gasteiger partial charge < -0.3 is 15.7 Å². The van der Waals surface area contributed by atoms with Gasteiger partial charge in [-0.1, -0.05) is 38.1 Å². The van der Waals surface area contributed by atoms with Crippen molar-refractivity contribution in [3.8, 4) is 0 Å². The molecule has 1 heterocycles. The third-order valence-corrected chi connectivity index (χ3v) is 3.27. The highest BCUT2D eigenvalue weighted by molar-refractivity contribution is 5.33. The molecule has 2 unspecified atom stereocenters. The van der Waals surface area contributed by atoms with Gasteiger partial charge in [0.05, 0.1) is 12.1 Å². The first kappa shape index (κ1) is 12.6. The molecule has 0 saturated carbocycles. The smallest absolute Gasteiger partial charge is 0.0859 e. The fourth-order valence-electron chi connectivity index (χ4n) is 2.36. The summed E-state index contributed by atoms with van der Waals surface area (Å²) in [6.45, 7) is 5.76.